The van der Waals surface area contributed by atoms with Crippen molar-refractivity contribution in [2.75, 3.05) is 11.9 Å². The monoisotopic (exact) mass is 353 g/mol. The lowest BCUT2D eigenvalue weighted by Crippen LogP contribution is -2.37. The number of hydrogen-bond acceptors (Lipinski definition) is 5. The summed E-state index contributed by atoms with van der Waals surface area (Å²) >= 11 is 0. The minimum absolute atomic E-state index is 0.0552. The zero-order valence-corrected chi connectivity index (χ0v) is 14.1. The van der Waals surface area contributed by atoms with Crippen molar-refractivity contribution in [1.82, 2.24) is 4.90 Å². The molecule has 0 saturated carbocycles. The van der Waals surface area contributed by atoms with Crippen molar-refractivity contribution in [3.63, 3.8) is 0 Å². The van der Waals surface area contributed by atoms with Gasteiger partial charge in [0, 0.05) is 17.8 Å². The van der Waals surface area contributed by atoms with Crippen molar-refractivity contribution in [3.05, 3.63) is 68.8 Å². The van der Waals surface area contributed by atoms with Gasteiger partial charge in [-0.3, -0.25) is 29.4 Å². The quantitative estimate of drug-likeness (QED) is 0.516. The molecule has 0 bridgehead atoms. The van der Waals surface area contributed by atoms with Crippen LogP contribution in [-0.4, -0.2) is 34.1 Å². The van der Waals surface area contributed by atoms with Gasteiger partial charge in [0.05, 0.1) is 16.1 Å². The fraction of sp³-hybridized carbons (Fsp3) is 0.167. The lowest BCUT2D eigenvalue weighted by molar-refractivity contribution is -0.384. The molecule has 2 aromatic rings. The third-order valence-corrected chi connectivity index (χ3v) is 4.26. The number of hydrogen-bond donors (Lipinski definition) is 1. The highest BCUT2D eigenvalue weighted by Crippen LogP contribution is 2.26. The number of benzene rings is 2. The van der Waals surface area contributed by atoms with E-state index in [2.05, 4.69) is 5.32 Å². The van der Waals surface area contributed by atoms with Crippen molar-refractivity contribution >= 4 is 29.1 Å². The number of amides is 3. The van der Waals surface area contributed by atoms with Crippen LogP contribution >= 0.6 is 0 Å². The summed E-state index contributed by atoms with van der Waals surface area (Å²) in [5.74, 6) is -1.89. The first kappa shape index (κ1) is 17.3. The Hall–Kier alpha value is -3.55. The molecule has 0 saturated heterocycles. The smallest absolute Gasteiger partial charge is 0.270 e. The van der Waals surface area contributed by atoms with Gasteiger partial charge in [-0.1, -0.05) is 6.07 Å². The highest BCUT2D eigenvalue weighted by molar-refractivity contribution is 6.23. The predicted molar refractivity (Wildman–Crippen MR) is 93.0 cm³/mol. The fourth-order valence-electron chi connectivity index (χ4n) is 2.70. The summed E-state index contributed by atoms with van der Waals surface area (Å²) < 4.78 is 0. The average Bonchev–Trinajstić information content (AvgIpc) is 2.82. The topological polar surface area (TPSA) is 110 Å². The summed E-state index contributed by atoms with van der Waals surface area (Å²) in [6, 6.07) is 8.81. The van der Waals surface area contributed by atoms with Crippen LogP contribution < -0.4 is 5.32 Å². The van der Waals surface area contributed by atoms with Gasteiger partial charge in [0.25, 0.3) is 17.5 Å². The average molecular weight is 353 g/mol. The second-order valence-electron chi connectivity index (χ2n) is 6.03. The number of nitro benzene ring substituents is 1. The largest absolute Gasteiger partial charge is 0.325 e. The zero-order chi connectivity index (χ0) is 19.0. The van der Waals surface area contributed by atoms with Crippen LogP contribution in [0.4, 0.5) is 11.4 Å². The molecule has 1 aliphatic rings. The molecule has 3 amide bonds. The summed E-state index contributed by atoms with van der Waals surface area (Å²) in [5, 5.41) is 13.5. The molecule has 132 valence electrons. The van der Waals surface area contributed by atoms with Crippen LogP contribution in [0.2, 0.25) is 0 Å². The van der Waals surface area contributed by atoms with Crippen molar-refractivity contribution in [2.45, 2.75) is 13.8 Å². The minimum atomic E-state index is -0.719. The maximum atomic E-state index is 12.4. The first-order valence-electron chi connectivity index (χ1n) is 7.79. The van der Waals surface area contributed by atoms with Crippen molar-refractivity contribution in [2.24, 2.45) is 0 Å². The zero-order valence-electron chi connectivity index (χ0n) is 14.1. The lowest BCUT2D eigenvalue weighted by atomic mass is 10.1. The number of carbonyl (C=O) groups excluding carboxylic acids is 3. The highest BCUT2D eigenvalue weighted by Gasteiger charge is 2.37. The Bertz CT molecular complexity index is 967. The summed E-state index contributed by atoms with van der Waals surface area (Å²) in [6.45, 7) is 3.38. The summed E-state index contributed by atoms with van der Waals surface area (Å²) in [4.78, 5) is 47.9. The molecule has 0 aromatic heterocycles. The van der Waals surface area contributed by atoms with E-state index in [0.29, 0.717) is 5.69 Å². The molecule has 0 spiro atoms. The molecule has 0 radical (unpaired) electrons. The minimum Gasteiger partial charge on any atom is -0.325 e. The van der Waals surface area contributed by atoms with E-state index in [0.717, 1.165) is 28.2 Å². The van der Waals surface area contributed by atoms with Crippen LogP contribution in [0.25, 0.3) is 0 Å². The van der Waals surface area contributed by atoms with Crippen molar-refractivity contribution < 1.29 is 19.3 Å². The van der Waals surface area contributed by atoms with Gasteiger partial charge in [0.15, 0.2) is 0 Å². The molecule has 1 N–H and O–H groups in total. The van der Waals surface area contributed by atoms with E-state index in [4.69, 9.17) is 0 Å². The lowest BCUT2D eigenvalue weighted by Gasteiger charge is -2.14. The summed E-state index contributed by atoms with van der Waals surface area (Å²) in [6.07, 6.45) is 0. The van der Waals surface area contributed by atoms with Crippen LogP contribution in [0.1, 0.15) is 31.8 Å². The maximum absolute atomic E-state index is 12.4. The van der Waals surface area contributed by atoms with E-state index >= 15 is 0 Å². The van der Waals surface area contributed by atoms with E-state index in [1.165, 1.54) is 6.07 Å². The Kier molecular flexibility index (Phi) is 4.25. The SMILES string of the molecule is Cc1ccc(NC(=O)CN2C(=O)c3ccc([N+](=O)[O-])cc3C2=O)cc1C. The molecule has 8 nitrogen and oxygen atoms in total. The van der Waals surface area contributed by atoms with E-state index < -0.39 is 29.2 Å². The number of imide groups is 1. The third kappa shape index (κ3) is 3.04. The Morgan fingerprint density at radius 2 is 1.73 bits per heavy atom. The number of non-ortho nitro benzene ring substituents is 1. The van der Waals surface area contributed by atoms with Crippen molar-refractivity contribution in [3.8, 4) is 0 Å². The first-order valence-corrected chi connectivity index (χ1v) is 7.79. The van der Waals surface area contributed by atoms with Gasteiger partial charge in [0.1, 0.15) is 6.54 Å². The summed E-state index contributed by atoms with van der Waals surface area (Å²) in [5.41, 5.74) is 2.33. The van der Waals surface area contributed by atoms with Crippen LogP contribution in [0.3, 0.4) is 0 Å². The number of nitro groups is 1. The van der Waals surface area contributed by atoms with Gasteiger partial charge < -0.3 is 5.32 Å². The summed E-state index contributed by atoms with van der Waals surface area (Å²) in [7, 11) is 0. The molecule has 26 heavy (non-hydrogen) atoms. The molecule has 0 fully saturated rings. The standard InChI is InChI=1S/C18H15N3O5/c1-10-3-4-12(7-11(10)2)19-16(22)9-20-17(23)14-6-5-13(21(25)26)8-15(14)18(20)24/h3-8H,9H2,1-2H3,(H,19,22). The van der Waals surface area contributed by atoms with Gasteiger partial charge >= 0.3 is 0 Å². The number of carbonyl (C=O) groups is 3. The molecule has 8 heteroatoms. The van der Waals surface area contributed by atoms with E-state index in [-0.39, 0.29) is 16.8 Å². The molecule has 0 aliphatic carbocycles. The van der Waals surface area contributed by atoms with Gasteiger partial charge in [-0.15, -0.1) is 0 Å². The number of anilines is 1. The van der Waals surface area contributed by atoms with Gasteiger partial charge in [-0.25, -0.2) is 0 Å². The first-order chi connectivity index (χ1) is 12.3. The molecular weight excluding hydrogens is 338 g/mol. The number of nitrogens with one attached hydrogen (secondary N) is 1. The van der Waals surface area contributed by atoms with Crippen LogP contribution in [0.5, 0.6) is 0 Å². The number of nitrogens with zero attached hydrogens (tertiary/aromatic N) is 2. The number of aryl methyl sites for hydroxylation is 2. The molecule has 2 aromatic carbocycles. The molecule has 1 heterocycles. The van der Waals surface area contributed by atoms with Crippen molar-refractivity contribution in [1.29, 1.82) is 0 Å². The second-order valence-corrected chi connectivity index (χ2v) is 6.03. The Balaban J connectivity index is 1.76. The highest BCUT2D eigenvalue weighted by atomic mass is 16.6. The predicted octanol–water partition coefficient (Wildman–Crippen LogP) is 2.45. The Morgan fingerprint density at radius 1 is 1.04 bits per heavy atom. The van der Waals surface area contributed by atoms with Crippen LogP contribution in [0, 0.1) is 24.0 Å². The Labute approximate surface area is 148 Å². The molecule has 3 rings (SSSR count). The van der Waals surface area contributed by atoms with Gasteiger partial charge in [0.2, 0.25) is 5.91 Å². The third-order valence-electron chi connectivity index (χ3n) is 4.26. The maximum Gasteiger partial charge on any atom is 0.270 e. The molecule has 0 unspecified atom stereocenters. The number of fused-ring (bicyclic) bond motifs is 1. The van der Waals surface area contributed by atoms with Gasteiger partial charge in [-0.05, 0) is 43.2 Å². The van der Waals surface area contributed by atoms with E-state index in [9.17, 15) is 24.5 Å². The van der Waals surface area contributed by atoms with Crippen LogP contribution in [0.15, 0.2) is 36.4 Å². The molecular formula is C18H15N3O5. The number of rotatable bonds is 4. The van der Waals surface area contributed by atoms with E-state index in [1.807, 2.05) is 19.9 Å². The normalized spacial score (nSPS) is 12.9. The molecule has 1 aliphatic heterocycles. The fourth-order valence-corrected chi connectivity index (χ4v) is 2.70. The Morgan fingerprint density at radius 3 is 2.38 bits per heavy atom. The van der Waals surface area contributed by atoms with E-state index in [1.54, 1.807) is 12.1 Å². The van der Waals surface area contributed by atoms with Gasteiger partial charge in [-0.2, -0.15) is 0 Å². The van der Waals surface area contributed by atoms with Crippen LogP contribution in [-0.2, 0) is 4.79 Å². The second kappa shape index (κ2) is 6.40. The molecule has 0 atom stereocenters.